The fourth-order valence-electron chi connectivity index (χ4n) is 1.29. The molecule has 1 aromatic rings. The van der Waals surface area contributed by atoms with E-state index < -0.39 is 0 Å². The van der Waals surface area contributed by atoms with E-state index in [1.165, 1.54) is 12.8 Å². The van der Waals surface area contributed by atoms with Gasteiger partial charge in [-0.05, 0) is 30.4 Å². The minimum Gasteiger partial charge on any atom is -0.390 e. The van der Waals surface area contributed by atoms with Crippen LogP contribution in [0.25, 0.3) is 0 Å². The number of nitrogens with zero attached hydrogens (tertiary/aromatic N) is 1. The zero-order valence-corrected chi connectivity index (χ0v) is 7.38. The van der Waals surface area contributed by atoms with Gasteiger partial charge in [-0.1, -0.05) is 11.6 Å². The van der Waals surface area contributed by atoms with Crippen molar-refractivity contribution in [3.63, 3.8) is 0 Å². The molecule has 0 bridgehead atoms. The highest BCUT2D eigenvalue weighted by Crippen LogP contribution is 2.43. The summed E-state index contributed by atoms with van der Waals surface area (Å²) in [6.45, 7) is -0.00309. The van der Waals surface area contributed by atoms with E-state index in [0.29, 0.717) is 11.6 Å². The average Bonchev–Trinajstić information content (AvgIpc) is 2.88. The highest BCUT2D eigenvalue weighted by Gasteiger charge is 2.25. The SMILES string of the molecule is OCc1cc(C2CC2)c(Cl)cn1. The first-order chi connectivity index (χ1) is 5.81. The zero-order chi connectivity index (χ0) is 8.55. The predicted molar refractivity (Wildman–Crippen MR) is 47.1 cm³/mol. The van der Waals surface area contributed by atoms with Crippen LogP contribution in [-0.4, -0.2) is 10.1 Å². The first-order valence-corrected chi connectivity index (χ1v) is 4.44. The van der Waals surface area contributed by atoms with Crippen LogP contribution in [-0.2, 0) is 6.61 Å². The van der Waals surface area contributed by atoms with Crippen LogP contribution in [0, 0.1) is 0 Å². The first kappa shape index (κ1) is 8.02. The van der Waals surface area contributed by atoms with Crippen LogP contribution in [0.2, 0.25) is 5.02 Å². The molecule has 0 amide bonds. The molecule has 0 radical (unpaired) electrons. The Morgan fingerprint density at radius 2 is 2.33 bits per heavy atom. The van der Waals surface area contributed by atoms with Crippen LogP contribution in [0.4, 0.5) is 0 Å². The van der Waals surface area contributed by atoms with Crippen LogP contribution in [0.3, 0.4) is 0 Å². The monoisotopic (exact) mass is 183 g/mol. The summed E-state index contributed by atoms with van der Waals surface area (Å²) >= 11 is 5.94. The van der Waals surface area contributed by atoms with Crippen molar-refractivity contribution in [2.24, 2.45) is 0 Å². The maximum atomic E-state index is 8.85. The lowest BCUT2D eigenvalue weighted by atomic mass is 10.1. The molecule has 0 aromatic carbocycles. The molecule has 0 atom stereocenters. The van der Waals surface area contributed by atoms with E-state index in [0.717, 1.165) is 10.6 Å². The normalized spacial score (nSPS) is 16.5. The van der Waals surface area contributed by atoms with Gasteiger partial charge in [-0.15, -0.1) is 0 Å². The van der Waals surface area contributed by atoms with Crippen molar-refractivity contribution in [2.45, 2.75) is 25.4 Å². The van der Waals surface area contributed by atoms with Gasteiger partial charge in [0.2, 0.25) is 0 Å². The fourth-order valence-corrected chi connectivity index (χ4v) is 1.55. The summed E-state index contributed by atoms with van der Waals surface area (Å²) in [5.74, 6) is 0.616. The Labute approximate surface area is 76.2 Å². The molecule has 1 saturated carbocycles. The van der Waals surface area contributed by atoms with E-state index in [1.54, 1.807) is 6.20 Å². The number of halogens is 1. The first-order valence-electron chi connectivity index (χ1n) is 4.06. The number of rotatable bonds is 2. The topological polar surface area (TPSA) is 33.1 Å². The minimum atomic E-state index is -0.00309. The van der Waals surface area contributed by atoms with E-state index in [2.05, 4.69) is 4.98 Å². The standard InChI is InChI=1S/C9H10ClNO/c10-9-4-11-7(5-12)3-8(9)6-1-2-6/h3-4,6,12H,1-2,5H2. The van der Waals surface area contributed by atoms with Crippen LogP contribution in [0.5, 0.6) is 0 Å². The van der Waals surface area contributed by atoms with Crippen molar-refractivity contribution in [1.82, 2.24) is 4.98 Å². The Hall–Kier alpha value is -0.600. The molecule has 12 heavy (non-hydrogen) atoms. The molecular weight excluding hydrogens is 174 g/mol. The van der Waals surface area contributed by atoms with Crippen LogP contribution in [0.15, 0.2) is 12.3 Å². The highest BCUT2D eigenvalue weighted by molar-refractivity contribution is 6.31. The molecule has 3 heteroatoms. The Bertz CT molecular complexity index is 297. The molecular formula is C9H10ClNO. The number of hydrogen-bond acceptors (Lipinski definition) is 2. The lowest BCUT2D eigenvalue weighted by Crippen LogP contribution is -1.92. The van der Waals surface area contributed by atoms with Crippen LogP contribution in [0.1, 0.15) is 30.0 Å². The highest BCUT2D eigenvalue weighted by atomic mass is 35.5. The van der Waals surface area contributed by atoms with Gasteiger partial charge < -0.3 is 5.11 Å². The molecule has 0 unspecified atom stereocenters. The molecule has 1 aliphatic rings. The number of aliphatic hydroxyl groups is 1. The lowest BCUT2D eigenvalue weighted by Gasteiger charge is -2.02. The van der Waals surface area contributed by atoms with Gasteiger partial charge in [-0.2, -0.15) is 0 Å². The summed E-state index contributed by atoms with van der Waals surface area (Å²) in [6.07, 6.45) is 4.06. The van der Waals surface area contributed by atoms with E-state index in [-0.39, 0.29) is 6.61 Å². The van der Waals surface area contributed by atoms with Gasteiger partial charge in [0.25, 0.3) is 0 Å². The third-order valence-corrected chi connectivity index (χ3v) is 2.44. The van der Waals surface area contributed by atoms with Crippen molar-refractivity contribution in [3.8, 4) is 0 Å². The Morgan fingerprint density at radius 1 is 1.58 bits per heavy atom. The maximum absolute atomic E-state index is 8.85. The fraction of sp³-hybridized carbons (Fsp3) is 0.444. The molecule has 1 heterocycles. The second kappa shape index (κ2) is 3.04. The molecule has 1 aromatic heterocycles. The summed E-state index contributed by atoms with van der Waals surface area (Å²) in [4.78, 5) is 3.99. The van der Waals surface area contributed by atoms with E-state index in [1.807, 2.05) is 6.07 Å². The molecule has 0 saturated heterocycles. The third kappa shape index (κ3) is 1.45. The van der Waals surface area contributed by atoms with Crippen LogP contribution >= 0.6 is 11.6 Å². The number of pyridine rings is 1. The molecule has 2 rings (SSSR count). The second-order valence-electron chi connectivity index (χ2n) is 3.13. The summed E-state index contributed by atoms with van der Waals surface area (Å²) in [5, 5.41) is 9.58. The Kier molecular flexibility index (Phi) is 2.03. The molecule has 0 aliphatic heterocycles. The Balaban J connectivity index is 2.36. The van der Waals surface area contributed by atoms with Gasteiger partial charge in [-0.3, -0.25) is 4.98 Å². The molecule has 64 valence electrons. The number of hydrogen-bond donors (Lipinski definition) is 1. The second-order valence-corrected chi connectivity index (χ2v) is 3.54. The van der Waals surface area contributed by atoms with Crippen molar-refractivity contribution < 1.29 is 5.11 Å². The largest absolute Gasteiger partial charge is 0.390 e. The van der Waals surface area contributed by atoms with Gasteiger partial charge in [0.05, 0.1) is 17.3 Å². The minimum absolute atomic E-state index is 0.00309. The number of aliphatic hydroxyl groups excluding tert-OH is 1. The molecule has 0 spiro atoms. The van der Waals surface area contributed by atoms with Gasteiger partial charge in [-0.25, -0.2) is 0 Å². The lowest BCUT2D eigenvalue weighted by molar-refractivity contribution is 0.276. The Morgan fingerprint density at radius 3 is 2.92 bits per heavy atom. The van der Waals surface area contributed by atoms with Gasteiger partial charge in [0.1, 0.15) is 0 Å². The summed E-state index contributed by atoms with van der Waals surface area (Å²) in [7, 11) is 0. The van der Waals surface area contributed by atoms with Crippen molar-refractivity contribution in [1.29, 1.82) is 0 Å². The summed E-state index contributed by atoms with van der Waals surface area (Å²) in [6, 6.07) is 1.90. The van der Waals surface area contributed by atoms with Gasteiger partial charge in [0, 0.05) is 6.20 Å². The third-order valence-electron chi connectivity index (χ3n) is 2.12. The zero-order valence-electron chi connectivity index (χ0n) is 6.63. The quantitative estimate of drug-likeness (QED) is 0.762. The van der Waals surface area contributed by atoms with Crippen molar-refractivity contribution >= 4 is 11.6 Å². The van der Waals surface area contributed by atoms with Crippen molar-refractivity contribution in [2.75, 3.05) is 0 Å². The molecule has 1 aliphatic carbocycles. The molecule has 1 fully saturated rings. The number of aromatic nitrogens is 1. The summed E-state index contributed by atoms with van der Waals surface area (Å²) < 4.78 is 0. The average molecular weight is 184 g/mol. The smallest absolute Gasteiger partial charge is 0.0853 e. The van der Waals surface area contributed by atoms with E-state index in [9.17, 15) is 0 Å². The van der Waals surface area contributed by atoms with Crippen molar-refractivity contribution in [3.05, 3.63) is 28.5 Å². The van der Waals surface area contributed by atoms with E-state index >= 15 is 0 Å². The summed E-state index contributed by atoms with van der Waals surface area (Å²) in [5.41, 5.74) is 1.86. The predicted octanol–water partition coefficient (Wildman–Crippen LogP) is 2.10. The molecule has 2 nitrogen and oxygen atoms in total. The van der Waals surface area contributed by atoms with Gasteiger partial charge >= 0.3 is 0 Å². The van der Waals surface area contributed by atoms with E-state index in [4.69, 9.17) is 16.7 Å². The van der Waals surface area contributed by atoms with Gasteiger partial charge in [0.15, 0.2) is 0 Å². The maximum Gasteiger partial charge on any atom is 0.0853 e. The molecule has 1 N–H and O–H groups in total. The van der Waals surface area contributed by atoms with Crippen LogP contribution < -0.4 is 0 Å².